The first-order valence-electron chi connectivity index (χ1n) is 17.6. The van der Waals surface area contributed by atoms with E-state index in [-0.39, 0.29) is 52.5 Å². The normalized spacial score (nSPS) is 13.2. The van der Waals surface area contributed by atoms with E-state index in [0.29, 0.717) is 11.5 Å². The molecule has 286 valence electrons. The maximum atomic E-state index is 11.9. The summed E-state index contributed by atoms with van der Waals surface area (Å²) in [5.74, 6) is -1.52. The fraction of sp³-hybridized carbons (Fsp3) is 0.256. The van der Waals surface area contributed by atoms with E-state index in [1.165, 1.54) is 0 Å². The maximum absolute atomic E-state index is 11.9. The zero-order valence-electron chi connectivity index (χ0n) is 30.1. The van der Waals surface area contributed by atoms with Gasteiger partial charge in [-0.3, -0.25) is 9.59 Å². The molecule has 0 aromatic heterocycles. The minimum Gasteiger partial charge on any atom is -0.491 e. The van der Waals surface area contributed by atoms with Gasteiger partial charge in [-0.2, -0.15) is 0 Å². The van der Waals surface area contributed by atoms with E-state index in [2.05, 4.69) is 37.4 Å². The molecule has 0 fully saturated rings. The molecule has 2 unspecified atom stereocenters. The van der Waals surface area contributed by atoms with Crippen LogP contribution in [0.15, 0.2) is 122 Å². The quantitative estimate of drug-likeness (QED) is 0.0632. The third-order valence-corrected chi connectivity index (χ3v) is 8.72. The van der Waals surface area contributed by atoms with Crippen molar-refractivity contribution in [1.82, 2.24) is 0 Å². The number of carbonyl (C=O) groups excluding carboxylic acids is 4. The van der Waals surface area contributed by atoms with Gasteiger partial charge in [0.25, 0.3) is 0 Å². The van der Waals surface area contributed by atoms with Crippen LogP contribution in [-0.2, 0) is 43.5 Å². The molecule has 0 saturated carbocycles. The lowest BCUT2D eigenvalue weighted by Crippen LogP contribution is -2.29. The van der Waals surface area contributed by atoms with Gasteiger partial charge in [0.2, 0.25) is 0 Å². The van der Waals surface area contributed by atoms with Crippen molar-refractivity contribution in [2.45, 2.75) is 30.5 Å². The molecule has 0 saturated heterocycles. The Kier molecular flexibility index (Phi) is 13.9. The molecule has 2 N–H and O–H groups in total. The highest BCUT2D eigenvalue weighted by Gasteiger charge is 2.45. The molecule has 0 radical (unpaired) electrons. The number of aliphatic hydroxyl groups excluding tert-OH is 2. The van der Waals surface area contributed by atoms with Crippen molar-refractivity contribution in [2.24, 2.45) is 0 Å². The van der Waals surface area contributed by atoms with Gasteiger partial charge in [-0.1, -0.05) is 86.0 Å². The van der Waals surface area contributed by atoms with Crippen LogP contribution in [0.4, 0.5) is 0 Å². The number of esters is 4. The van der Waals surface area contributed by atoms with Gasteiger partial charge in [-0.05, 0) is 57.6 Å². The molecule has 12 heteroatoms. The summed E-state index contributed by atoms with van der Waals surface area (Å²) in [6.07, 6.45) is -0.481. The van der Waals surface area contributed by atoms with Crippen molar-refractivity contribution >= 4 is 23.9 Å². The molecule has 0 amide bonds. The zero-order chi connectivity index (χ0) is 39.2. The topological polar surface area (TPSA) is 164 Å². The third-order valence-electron chi connectivity index (χ3n) is 8.72. The number of aliphatic hydroxyl groups is 2. The standard InChI is InChI=1S/C43H42O12/c1-3-39(46)50-23-21-41(48)54-27-31(44)25-52-33-17-13-29(14-18-33)43(37-11-7-5-9-35(37)36-10-6-8-12-38(36)43)30-15-19-34(20-16-30)53-26-32(45)28-55-42(49)22-24-51-40(47)4-2/h3-20,31-32,44-45H,1-2,21-28H2. The van der Waals surface area contributed by atoms with E-state index >= 15 is 0 Å². The van der Waals surface area contributed by atoms with Crippen LogP contribution in [0.3, 0.4) is 0 Å². The van der Waals surface area contributed by atoms with Crippen LogP contribution in [0.2, 0.25) is 0 Å². The summed E-state index contributed by atoms with van der Waals surface area (Å²) < 4.78 is 31.3. The van der Waals surface area contributed by atoms with Crippen molar-refractivity contribution in [3.63, 3.8) is 0 Å². The predicted molar refractivity (Wildman–Crippen MR) is 200 cm³/mol. The number of fused-ring (bicyclic) bond motifs is 3. The summed E-state index contributed by atoms with van der Waals surface area (Å²) >= 11 is 0. The lowest BCUT2D eigenvalue weighted by Gasteiger charge is -2.34. The van der Waals surface area contributed by atoms with Crippen molar-refractivity contribution in [2.75, 3.05) is 39.6 Å². The molecule has 0 aliphatic heterocycles. The minimum atomic E-state index is -1.09. The average Bonchev–Trinajstić information content (AvgIpc) is 3.51. The second-order valence-corrected chi connectivity index (χ2v) is 12.4. The van der Waals surface area contributed by atoms with E-state index in [4.69, 9.17) is 28.4 Å². The van der Waals surface area contributed by atoms with Gasteiger partial charge in [0.05, 0.1) is 18.3 Å². The van der Waals surface area contributed by atoms with Crippen molar-refractivity contribution in [1.29, 1.82) is 0 Å². The number of ether oxygens (including phenoxy) is 6. The van der Waals surface area contributed by atoms with E-state index < -0.39 is 41.5 Å². The third kappa shape index (κ3) is 10.0. The Bertz CT molecular complexity index is 1830. The van der Waals surface area contributed by atoms with Gasteiger partial charge < -0.3 is 38.6 Å². The van der Waals surface area contributed by atoms with Crippen molar-refractivity contribution in [3.8, 4) is 22.6 Å². The highest BCUT2D eigenvalue weighted by Crippen LogP contribution is 2.56. The molecule has 0 spiro atoms. The molecule has 0 heterocycles. The first kappa shape index (κ1) is 40.0. The lowest BCUT2D eigenvalue weighted by molar-refractivity contribution is -0.151. The molecule has 4 aromatic rings. The number of hydrogen-bond donors (Lipinski definition) is 2. The van der Waals surface area contributed by atoms with Gasteiger partial charge in [-0.25, -0.2) is 9.59 Å². The van der Waals surface area contributed by atoms with Gasteiger partial charge in [-0.15, -0.1) is 0 Å². The second kappa shape index (κ2) is 19.2. The van der Waals surface area contributed by atoms with Crippen LogP contribution >= 0.6 is 0 Å². The van der Waals surface area contributed by atoms with Gasteiger partial charge >= 0.3 is 23.9 Å². The first-order chi connectivity index (χ1) is 26.6. The summed E-state index contributed by atoms with van der Waals surface area (Å²) in [6, 6.07) is 31.7. The van der Waals surface area contributed by atoms with Crippen LogP contribution in [0.5, 0.6) is 11.5 Å². The van der Waals surface area contributed by atoms with Crippen LogP contribution in [0, 0.1) is 0 Å². The molecule has 2 atom stereocenters. The zero-order valence-corrected chi connectivity index (χ0v) is 30.1. The molecule has 55 heavy (non-hydrogen) atoms. The summed E-state index contributed by atoms with van der Waals surface area (Å²) in [5.41, 5.74) is 5.60. The average molecular weight is 751 g/mol. The van der Waals surface area contributed by atoms with E-state index in [9.17, 15) is 29.4 Å². The summed E-state index contributed by atoms with van der Waals surface area (Å²) in [7, 11) is 0. The summed E-state index contributed by atoms with van der Waals surface area (Å²) in [5, 5.41) is 20.8. The van der Waals surface area contributed by atoms with Gasteiger partial charge in [0.15, 0.2) is 0 Å². The number of rotatable bonds is 20. The van der Waals surface area contributed by atoms with E-state index in [0.717, 1.165) is 45.5 Å². The minimum absolute atomic E-state index is 0.124. The lowest BCUT2D eigenvalue weighted by atomic mass is 9.68. The van der Waals surface area contributed by atoms with Crippen LogP contribution in [0.1, 0.15) is 35.1 Å². The molecule has 1 aliphatic carbocycles. The highest BCUT2D eigenvalue weighted by atomic mass is 16.6. The van der Waals surface area contributed by atoms with E-state index in [1.807, 2.05) is 72.8 Å². The Morgan fingerprint density at radius 3 is 1.31 bits per heavy atom. The summed E-state index contributed by atoms with van der Waals surface area (Å²) in [6.45, 7) is 5.45. The highest BCUT2D eigenvalue weighted by molar-refractivity contribution is 5.86. The Hall–Kier alpha value is -6.24. The number of carbonyl (C=O) groups is 4. The molecular formula is C43H42O12. The van der Waals surface area contributed by atoms with Crippen LogP contribution in [0.25, 0.3) is 11.1 Å². The van der Waals surface area contributed by atoms with Crippen LogP contribution in [-0.4, -0.2) is 85.9 Å². The van der Waals surface area contributed by atoms with Gasteiger partial charge in [0.1, 0.15) is 63.3 Å². The smallest absolute Gasteiger partial charge is 0.330 e. The molecule has 0 bridgehead atoms. The maximum Gasteiger partial charge on any atom is 0.330 e. The number of benzene rings is 4. The largest absolute Gasteiger partial charge is 0.491 e. The Morgan fingerprint density at radius 2 is 0.927 bits per heavy atom. The summed E-state index contributed by atoms with van der Waals surface area (Å²) in [4.78, 5) is 46.1. The number of hydrogen-bond acceptors (Lipinski definition) is 12. The SMILES string of the molecule is C=CC(=O)OCCC(=O)OCC(O)COc1ccc(C2(c3ccc(OCC(O)COC(=O)CCOC(=O)C=C)cc3)c3ccccc3-c3ccccc32)cc1. The fourth-order valence-corrected chi connectivity index (χ4v) is 6.22. The van der Waals surface area contributed by atoms with E-state index in [1.54, 1.807) is 0 Å². The second-order valence-electron chi connectivity index (χ2n) is 12.4. The molecule has 1 aliphatic rings. The monoisotopic (exact) mass is 750 g/mol. The first-order valence-corrected chi connectivity index (χ1v) is 17.6. The fourth-order valence-electron chi connectivity index (χ4n) is 6.22. The Morgan fingerprint density at radius 1 is 0.545 bits per heavy atom. The molecule has 12 nitrogen and oxygen atoms in total. The molecule has 4 aromatic carbocycles. The Labute approximate surface area is 318 Å². The van der Waals surface area contributed by atoms with Gasteiger partial charge in [0, 0.05) is 12.2 Å². The molecular weight excluding hydrogens is 708 g/mol. The Balaban J connectivity index is 1.26. The molecule has 5 rings (SSSR count). The van der Waals surface area contributed by atoms with Crippen molar-refractivity contribution < 1.29 is 57.8 Å². The van der Waals surface area contributed by atoms with Crippen molar-refractivity contribution in [3.05, 3.63) is 145 Å². The van der Waals surface area contributed by atoms with Crippen LogP contribution < -0.4 is 9.47 Å². The predicted octanol–water partition coefficient (Wildman–Crippen LogP) is 4.85.